The molecule has 1 fully saturated rings. The number of rotatable bonds is 7. The van der Waals surface area contributed by atoms with E-state index in [1.54, 1.807) is 28.7 Å². The van der Waals surface area contributed by atoms with Gasteiger partial charge in [-0.3, -0.25) is 14.7 Å². The lowest BCUT2D eigenvalue weighted by atomic mass is 10.0. The number of oxazole rings is 1. The van der Waals surface area contributed by atoms with Crippen LogP contribution in [0.1, 0.15) is 34.5 Å². The van der Waals surface area contributed by atoms with Crippen LogP contribution in [0, 0.1) is 0 Å². The number of amides is 1. The van der Waals surface area contributed by atoms with Gasteiger partial charge in [-0.2, -0.15) is 8.78 Å². The highest BCUT2D eigenvalue weighted by Gasteiger charge is 2.32. The fourth-order valence-corrected chi connectivity index (χ4v) is 5.65. The van der Waals surface area contributed by atoms with Crippen molar-refractivity contribution in [2.24, 2.45) is 0 Å². The van der Waals surface area contributed by atoms with Crippen molar-refractivity contribution in [2.75, 3.05) is 26.2 Å². The Morgan fingerprint density at radius 2 is 1.79 bits per heavy atom. The zero-order chi connectivity index (χ0) is 29.3. The SMILES string of the molecule is O=C(c1cc(-c2nc3cc(-c4nncs4)ccc3o2)ccn1)N1CCN([C@H](c2ccccc2)c2nnn(C(F)F)n2)CC1. The molecule has 1 amide bonds. The van der Waals surface area contributed by atoms with Crippen LogP contribution in [0.15, 0.2) is 76.8 Å². The first kappa shape index (κ1) is 26.9. The topological polar surface area (TPSA) is 132 Å². The second-order valence-corrected chi connectivity index (χ2v) is 10.6. The molecule has 1 atom stereocenters. The van der Waals surface area contributed by atoms with Gasteiger partial charge in [0.25, 0.3) is 5.91 Å². The molecule has 0 radical (unpaired) electrons. The van der Waals surface area contributed by atoms with Crippen molar-refractivity contribution in [2.45, 2.75) is 12.6 Å². The van der Waals surface area contributed by atoms with E-state index in [0.29, 0.717) is 53.5 Å². The van der Waals surface area contributed by atoms with Crippen molar-refractivity contribution in [1.29, 1.82) is 0 Å². The predicted octanol–water partition coefficient (Wildman–Crippen LogP) is 4.34. The third kappa shape index (κ3) is 5.35. The minimum absolute atomic E-state index is 0.175. The van der Waals surface area contributed by atoms with Crippen molar-refractivity contribution >= 4 is 28.3 Å². The summed E-state index contributed by atoms with van der Waals surface area (Å²) >= 11 is 1.44. The van der Waals surface area contributed by atoms with Crippen molar-refractivity contribution in [3.05, 3.63) is 89.5 Å². The highest BCUT2D eigenvalue weighted by atomic mass is 32.1. The standard InChI is InChI=1S/C28H22F2N10O2S/c29-28(30)40-36-24(34-37-40)23(17-4-2-1-3-5-17)38-10-12-39(13-11-38)27(41)21-14-18(8-9-31-21)25-33-20-15-19(6-7-22(20)42-25)26-35-32-16-43-26/h1-9,14-16,23,28H,10-13H2/t23-/m1/s1. The lowest BCUT2D eigenvalue weighted by Crippen LogP contribution is -2.50. The molecule has 1 saturated heterocycles. The van der Waals surface area contributed by atoms with Gasteiger partial charge in [0.2, 0.25) is 5.89 Å². The molecule has 1 aliphatic heterocycles. The Morgan fingerprint density at radius 1 is 0.953 bits per heavy atom. The van der Waals surface area contributed by atoms with Crippen LogP contribution in [-0.2, 0) is 0 Å². The number of halogens is 2. The second kappa shape index (κ2) is 11.3. The first-order valence-corrected chi connectivity index (χ1v) is 14.2. The maximum atomic E-state index is 13.5. The molecule has 0 aliphatic carbocycles. The van der Waals surface area contributed by atoms with Gasteiger partial charge in [0.1, 0.15) is 21.7 Å². The number of aromatic nitrogens is 8. The fourth-order valence-electron chi connectivity index (χ4n) is 5.10. The summed E-state index contributed by atoms with van der Waals surface area (Å²) in [7, 11) is 0. The number of tetrazole rings is 1. The van der Waals surface area contributed by atoms with Crippen LogP contribution >= 0.6 is 11.3 Å². The van der Waals surface area contributed by atoms with E-state index < -0.39 is 12.6 Å². The highest BCUT2D eigenvalue weighted by molar-refractivity contribution is 7.12. The van der Waals surface area contributed by atoms with Crippen LogP contribution in [0.3, 0.4) is 0 Å². The number of hydrogen-bond acceptors (Lipinski definition) is 11. The molecule has 1 aliphatic rings. The van der Waals surface area contributed by atoms with Gasteiger partial charge in [0.05, 0.1) is 6.04 Å². The Labute approximate surface area is 246 Å². The fraction of sp³-hybridized carbons (Fsp3) is 0.214. The quantitative estimate of drug-likeness (QED) is 0.261. The number of nitrogens with zero attached hydrogens (tertiary/aromatic N) is 10. The van der Waals surface area contributed by atoms with Crippen LogP contribution in [0.25, 0.3) is 33.1 Å². The summed E-state index contributed by atoms with van der Waals surface area (Å²) in [5.41, 5.74) is 5.58. The molecule has 216 valence electrons. The molecule has 12 nitrogen and oxygen atoms in total. The molecule has 0 bridgehead atoms. The monoisotopic (exact) mass is 600 g/mol. The summed E-state index contributed by atoms with van der Waals surface area (Å²) in [5, 5.41) is 20.1. The number of fused-ring (bicyclic) bond motifs is 1. The normalized spacial score (nSPS) is 14.9. The average molecular weight is 601 g/mol. The Bertz CT molecular complexity index is 1870. The molecule has 6 aromatic rings. The van der Waals surface area contributed by atoms with Gasteiger partial charge in [-0.25, -0.2) is 4.98 Å². The summed E-state index contributed by atoms with van der Waals surface area (Å²) < 4.78 is 32.3. The van der Waals surface area contributed by atoms with E-state index in [-0.39, 0.29) is 17.4 Å². The van der Waals surface area contributed by atoms with E-state index in [1.165, 1.54) is 11.3 Å². The van der Waals surface area contributed by atoms with E-state index in [0.717, 1.165) is 16.1 Å². The Balaban J connectivity index is 1.08. The number of hydrogen-bond donors (Lipinski definition) is 0. The number of benzene rings is 2. The Hall–Kier alpha value is -5.02. The molecule has 4 aromatic heterocycles. The maximum Gasteiger partial charge on any atom is 0.350 e. The average Bonchev–Trinajstić information content (AvgIpc) is 3.83. The van der Waals surface area contributed by atoms with E-state index in [4.69, 9.17) is 4.42 Å². The first-order chi connectivity index (χ1) is 21.0. The van der Waals surface area contributed by atoms with Crippen LogP contribution in [-0.4, -0.2) is 82.3 Å². The third-order valence-corrected chi connectivity index (χ3v) is 7.91. The number of carbonyl (C=O) groups excluding carboxylic acids is 1. The van der Waals surface area contributed by atoms with Gasteiger partial charge in [0.15, 0.2) is 11.4 Å². The number of piperazine rings is 1. The maximum absolute atomic E-state index is 13.5. The molecule has 0 spiro atoms. The van der Waals surface area contributed by atoms with E-state index >= 15 is 0 Å². The molecular formula is C28H22F2N10O2S. The van der Waals surface area contributed by atoms with Gasteiger partial charge < -0.3 is 9.32 Å². The van der Waals surface area contributed by atoms with Crippen molar-refractivity contribution in [1.82, 2.24) is 50.2 Å². The first-order valence-electron chi connectivity index (χ1n) is 13.3. The van der Waals surface area contributed by atoms with E-state index in [9.17, 15) is 13.6 Å². The summed E-state index contributed by atoms with van der Waals surface area (Å²) in [5.74, 6) is 0.323. The largest absolute Gasteiger partial charge is 0.436 e. The molecule has 5 heterocycles. The number of pyridine rings is 1. The molecule has 2 aromatic carbocycles. The molecule has 0 saturated carbocycles. The van der Waals surface area contributed by atoms with Gasteiger partial charge in [-0.15, -0.1) is 20.4 Å². The minimum atomic E-state index is -2.89. The lowest BCUT2D eigenvalue weighted by molar-refractivity contribution is 0.0385. The summed E-state index contributed by atoms with van der Waals surface area (Å²) in [4.78, 5) is 26.5. The van der Waals surface area contributed by atoms with Crippen LogP contribution in [0.2, 0.25) is 0 Å². The number of carbonyl (C=O) groups is 1. The molecule has 0 N–H and O–H groups in total. The lowest BCUT2D eigenvalue weighted by Gasteiger charge is -2.38. The Kier molecular flexibility index (Phi) is 7.08. The van der Waals surface area contributed by atoms with Gasteiger partial charge in [-0.05, 0) is 41.1 Å². The molecule has 0 unspecified atom stereocenters. The minimum Gasteiger partial charge on any atom is -0.436 e. The van der Waals surface area contributed by atoms with Crippen molar-refractivity contribution < 1.29 is 18.0 Å². The summed E-state index contributed by atoms with van der Waals surface area (Å²) in [6.45, 7) is -1.15. The van der Waals surface area contributed by atoms with Crippen LogP contribution < -0.4 is 0 Å². The smallest absolute Gasteiger partial charge is 0.350 e. The summed E-state index contributed by atoms with van der Waals surface area (Å²) in [6, 6.07) is 18.0. The second-order valence-electron chi connectivity index (χ2n) is 9.76. The zero-order valence-electron chi connectivity index (χ0n) is 22.4. The summed E-state index contributed by atoms with van der Waals surface area (Å²) in [6.07, 6.45) is 1.56. The van der Waals surface area contributed by atoms with Crippen molar-refractivity contribution in [3.8, 4) is 22.0 Å². The van der Waals surface area contributed by atoms with Gasteiger partial charge >= 0.3 is 6.55 Å². The van der Waals surface area contributed by atoms with E-state index in [1.807, 2.05) is 48.5 Å². The third-order valence-electron chi connectivity index (χ3n) is 7.17. The molecular weight excluding hydrogens is 578 g/mol. The predicted molar refractivity (Wildman–Crippen MR) is 151 cm³/mol. The number of alkyl halides is 2. The van der Waals surface area contributed by atoms with Crippen molar-refractivity contribution in [3.63, 3.8) is 0 Å². The molecule has 7 rings (SSSR count). The van der Waals surface area contributed by atoms with Gasteiger partial charge in [0, 0.05) is 43.5 Å². The highest BCUT2D eigenvalue weighted by Crippen LogP contribution is 2.30. The van der Waals surface area contributed by atoms with E-state index in [2.05, 4.69) is 40.5 Å². The van der Waals surface area contributed by atoms with Gasteiger partial charge in [-0.1, -0.05) is 46.5 Å². The molecule has 43 heavy (non-hydrogen) atoms. The molecule has 15 heteroatoms. The van der Waals surface area contributed by atoms with Crippen LogP contribution in [0.5, 0.6) is 0 Å². The van der Waals surface area contributed by atoms with Crippen LogP contribution in [0.4, 0.5) is 8.78 Å². The Morgan fingerprint density at radius 3 is 2.53 bits per heavy atom. The zero-order valence-corrected chi connectivity index (χ0v) is 23.2.